The zero-order chi connectivity index (χ0) is 13.5. The molecule has 0 atom stereocenters. The van der Waals surface area contributed by atoms with E-state index in [-0.39, 0.29) is 5.54 Å². The summed E-state index contributed by atoms with van der Waals surface area (Å²) in [5.41, 5.74) is 8.27. The van der Waals surface area contributed by atoms with E-state index in [1.54, 1.807) is 0 Å². The van der Waals surface area contributed by atoms with Gasteiger partial charge in [-0.3, -0.25) is 0 Å². The molecule has 3 heteroatoms. The molecule has 2 aromatic rings. The van der Waals surface area contributed by atoms with Gasteiger partial charge in [-0.2, -0.15) is 0 Å². The number of aromatic nitrogens is 1. The zero-order valence-electron chi connectivity index (χ0n) is 11.7. The van der Waals surface area contributed by atoms with Gasteiger partial charge in [0.25, 0.3) is 0 Å². The molecule has 1 aliphatic rings. The Morgan fingerprint density at radius 3 is 2.89 bits per heavy atom. The first-order valence-electron chi connectivity index (χ1n) is 6.98. The summed E-state index contributed by atoms with van der Waals surface area (Å²) in [5, 5.41) is 1.24. The van der Waals surface area contributed by atoms with E-state index in [2.05, 4.69) is 43.0 Å². The summed E-state index contributed by atoms with van der Waals surface area (Å²) in [7, 11) is 0. The molecule has 3 nitrogen and oxygen atoms in total. The fourth-order valence-electron chi connectivity index (χ4n) is 2.98. The molecular weight excluding hydrogens is 234 g/mol. The van der Waals surface area contributed by atoms with Crippen molar-refractivity contribution in [3.05, 3.63) is 35.9 Å². The number of nitrogens with zero attached hydrogens (tertiary/aromatic N) is 2. The lowest BCUT2D eigenvalue weighted by molar-refractivity contribution is 0.440. The Balaban J connectivity index is 2.07. The molecule has 2 N–H and O–H groups in total. The van der Waals surface area contributed by atoms with Crippen molar-refractivity contribution in [1.29, 1.82) is 0 Å². The van der Waals surface area contributed by atoms with Crippen LogP contribution in [-0.2, 0) is 6.42 Å². The Morgan fingerprint density at radius 2 is 2.11 bits per heavy atom. The van der Waals surface area contributed by atoms with Crippen LogP contribution in [-0.4, -0.2) is 23.6 Å². The van der Waals surface area contributed by atoms with Gasteiger partial charge in [0.1, 0.15) is 5.82 Å². The maximum absolute atomic E-state index is 5.75. The third-order valence-electron chi connectivity index (χ3n) is 4.13. The molecule has 1 aromatic carbocycles. The highest BCUT2D eigenvalue weighted by molar-refractivity contribution is 5.82. The van der Waals surface area contributed by atoms with Gasteiger partial charge >= 0.3 is 0 Å². The van der Waals surface area contributed by atoms with E-state index in [0.717, 1.165) is 30.7 Å². The largest absolute Gasteiger partial charge is 0.351 e. The van der Waals surface area contributed by atoms with Crippen LogP contribution in [0.25, 0.3) is 10.9 Å². The average Bonchev–Trinajstić information content (AvgIpc) is 2.79. The van der Waals surface area contributed by atoms with Crippen molar-refractivity contribution in [1.82, 2.24) is 4.98 Å². The van der Waals surface area contributed by atoms with Gasteiger partial charge in [0.2, 0.25) is 0 Å². The van der Waals surface area contributed by atoms with Gasteiger partial charge in [-0.25, -0.2) is 4.98 Å². The minimum absolute atomic E-state index is 0.0788. The molecule has 0 saturated heterocycles. The predicted molar refractivity (Wildman–Crippen MR) is 80.5 cm³/mol. The molecule has 0 fully saturated rings. The quantitative estimate of drug-likeness (QED) is 0.917. The number of rotatable bonds is 3. The van der Waals surface area contributed by atoms with Gasteiger partial charge < -0.3 is 10.6 Å². The monoisotopic (exact) mass is 255 g/mol. The van der Waals surface area contributed by atoms with Crippen LogP contribution >= 0.6 is 0 Å². The Bertz CT molecular complexity index is 604. The van der Waals surface area contributed by atoms with Gasteiger partial charge in [0, 0.05) is 17.5 Å². The molecule has 0 radical (unpaired) electrons. The highest BCUT2D eigenvalue weighted by Crippen LogP contribution is 2.35. The Hall–Kier alpha value is -1.61. The molecule has 0 amide bonds. The number of hydrogen-bond acceptors (Lipinski definition) is 3. The van der Waals surface area contributed by atoms with E-state index in [0.29, 0.717) is 6.54 Å². The summed E-state index contributed by atoms with van der Waals surface area (Å²) in [6, 6.07) is 10.6. The number of anilines is 1. The Labute approximate surface area is 114 Å². The van der Waals surface area contributed by atoms with Crippen LogP contribution in [0.2, 0.25) is 0 Å². The molecule has 1 aliphatic heterocycles. The normalized spacial score (nSPS) is 15.0. The Kier molecular flexibility index (Phi) is 2.94. The molecule has 100 valence electrons. The fraction of sp³-hybridized carbons (Fsp3) is 0.438. The topological polar surface area (TPSA) is 42.1 Å². The van der Waals surface area contributed by atoms with Crippen molar-refractivity contribution in [3.63, 3.8) is 0 Å². The Morgan fingerprint density at radius 1 is 1.32 bits per heavy atom. The van der Waals surface area contributed by atoms with Gasteiger partial charge in [0.15, 0.2) is 0 Å². The van der Waals surface area contributed by atoms with Crippen LogP contribution in [0.5, 0.6) is 0 Å². The summed E-state index contributed by atoms with van der Waals surface area (Å²) in [4.78, 5) is 7.29. The fourth-order valence-corrected chi connectivity index (χ4v) is 2.98. The zero-order valence-corrected chi connectivity index (χ0v) is 11.7. The van der Waals surface area contributed by atoms with Gasteiger partial charge in [0.05, 0.1) is 5.52 Å². The predicted octanol–water partition coefficient (Wildman–Crippen LogP) is 2.72. The summed E-state index contributed by atoms with van der Waals surface area (Å²) >= 11 is 0. The van der Waals surface area contributed by atoms with E-state index in [1.165, 1.54) is 10.9 Å². The average molecular weight is 255 g/mol. The minimum Gasteiger partial charge on any atom is -0.351 e. The number of pyridine rings is 1. The molecular formula is C16H21N3. The van der Waals surface area contributed by atoms with Crippen molar-refractivity contribution >= 4 is 16.7 Å². The van der Waals surface area contributed by atoms with Crippen LogP contribution in [0.4, 0.5) is 5.82 Å². The lowest BCUT2D eigenvalue weighted by Crippen LogP contribution is -2.44. The van der Waals surface area contributed by atoms with E-state index in [9.17, 15) is 0 Å². The van der Waals surface area contributed by atoms with Crippen LogP contribution < -0.4 is 10.6 Å². The highest BCUT2D eigenvalue weighted by Gasteiger charge is 2.32. The smallest absolute Gasteiger partial charge is 0.133 e. The summed E-state index contributed by atoms with van der Waals surface area (Å²) in [6.45, 7) is 6.27. The number of para-hydroxylation sites is 1. The molecule has 0 unspecified atom stereocenters. The van der Waals surface area contributed by atoms with E-state index >= 15 is 0 Å². The SMILES string of the molecule is CC(C)(CCN)N1CCc2cc3ccccc3nc21. The standard InChI is InChI=1S/C16H21N3/c1-16(2,8-9-17)19-10-7-13-11-12-5-3-4-6-14(12)18-15(13)19/h3-6,11H,7-10,17H2,1-2H3. The second kappa shape index (κ2) is 4.49. The lowest BCUT2D eigenvalue weighted by atomic mass is 9.98. The highest BCUT2D eigenvalue weighted by atomic mass is 15.3. The number of fused-ring (bicyclic) bond motifs is 2. The molecule has 3 rings (SSSR count). The summed E-state index contributed by atoms with van der Waals surface area (Å²) in [6.07, 6.45) is 2.07. The van der Waals surface area contributed by atoms with Crippen molar-refractivity contribution in [2.75, 3.05) is 18.0 Å². The third-order valence-corrected chi connectivity index (χ3v) is 4.13. The van der Waals surface area contributed by atoms with Gasteiger partial charge in [-0.1, -0.05) is 18.2 Å². The lowest BCUT2D eigenvalue weighted by Gasteiger charge is -2.37. The molecule has 1 aromatic heterocycles. The van der Waals surface area contributed by atoms with Crippen molar-refractivity contribution in [3.8, 4) is 0 Å². The first kappa shape index (κ1) is 12.4. The molecule has 0 spiro atoms. The van der Waals surface area contributed by atoms with Crippen LogP contribution in [0.15, 0.2) is 30.3 Å². The number of benzene rings is 1. The molecule has 2 heterocycles. The van der Waals surface area contributed by atoms with Crippen molar-refractivity contribution in [2.45, 2.75) is 32.2 Å². The number of hydrogen-bond donors (Lipinski definition) is 1. The summed E-state index contributed by atoms with van der Waals surface area (Å²) < 4.78 is 0. The molecule has 0 bridgehead atoms. The third kappa shape index (κ3) is 2.08. The van der Waals surface area contributed by atoms with Crippen LogP contribution in [0, 0.1) is 0 Å². The second-order valence-electron chi connectivity index (χ2n) is 5.92. The van der Waals surface area contributed by atoms with Crippen molar-refractivity contribution < 1.29 is 0 Å². The molecule has 0 saturated carbocycles. The summed E-state index contributed by atoms with van der Waals surface area (Å²) in [5.74, 6) is 1.15. The van der Waals surface area contributed by atoms with E-state index < -0.39 is 0 Å². The molecule has 0 aliphatic carbocycles. The second-order valence-corrected chi connectivity index (χ2v) is 5.92. The minimum atomic E-state index is 0.0788. The first-order valence-corrected chi connectivity index (χ1v) is 6.98. The van der Waals surface area contributed by atoms with E-state index in [4.69, 9.17) is 10.7 Å². The molecule has 19 heavy (non-hydrogen) atoms. The van der Waals surface area contributed by atoms with Gasteiger partial charge in [-0.15, -0.1) is 0 Å². The van der Waals surface area contributed by atoms with Crippen LogP contribution in [0.1, 0.15) is 25.8 Å². The maximum atomic E-state index is 5.75. The van der Waals surface area contributed by atoms with E-state index in [1.807, 2.05) is 6.07 Å². The first-order chi connectivity index (χ1) is 9.12. The van der Waals surface area contributed by atoms with Crippen LogP contribution in [0.3, 0.4) is 0 Å². The van der Waals surface area contributed by atoms with Gasteiger partial charge in [-0.05, 0) is 50.9 Å². The van der Waals surface area contributed by atoms with Crippen molar-refractivity contribution in [2.24, 2.45) is 5.73 Å². The number of nitrogens with two attached hydrogens (primary N) is 1. The maximum Gasteiger partial charge on any atom is 0.133 e.